The molecule has 5 nitrogen and oxygen atoms in total. The monoisotopic (exact) mass is 209 g/mol. The number of nitrogens with zero attached hydrogens (tertiary/aromatic N) is 1. The predicted molar refractivity (Wildman–Crippen MR) is 56.9 cm³/mol. The lowest BCUT2D eigenvalue weighted by Crippen LogP contribution is -2.27. The summed E-state index contributed by atoms with van der Waals surface area (Å²) < 4.78 is 0. The van der Waals surface area contributed by atoms with E-state index in [2.05, 4.69) is 15.3 Å². The van der Waals surface area contributed by atoms with Crippen molar-refractivity contribution >= 4 is 5.82 Å². The van der Waals surface area contributed by atoms with Crippen LogP contribution in [-0.2, 0) is 6.42 Å². The number of H-pyrrole nitrogens is 1. The molecule has 1 aromatic heterocycles. The van der Waals surface area contributed by atoms with E-state index in [0.717, 1.165) is 12.8 Å². The van der Waals surface area contributed by atoms with Gasteiger partial charge >= 0.3 is 0 Å². The molecule has 0 aliphatic heterocycles. The first-order chi connectivity index (χ1) is 7.17. The number of aliphatic hydroxyl groups is 1. The molecule has 1 saturated carbocycles. The summed E-state index contributed by atoms with van der Waals surface area (Å²) in [6.07, 6.45) is 2.55. The molecule has 1 aliphatic rings. The van der Waals surface area contributed by atoms with Gasteiger partial charge < -0.3 is 15.4 Å². The van der Waals surface area contributed by atoms with Crippen LogP contribution in [0.5, 0.6) is 0 Å². The van der Waals surface area contributed by atoms with Crippen molar-refractivity contribution in [2.24, 2.45) is 0 Å². The van der Waals surface area contributed by atoms with Crippen LogP contribution < -0.4 is 10.9 Å². The van der Waals surface area contributed by atoms with Crippen molar-refractivity contribution in [2.45, 2.75) is 31.7 Å². The summed E-state index contributed by atoms with van der Waals surface area (Å²) in [5.74, 6) is 1.22. The fourth-order valence-corrected chi connectivity index (χ4v) is 1.48. The van der Waals surface area contributed by atoms with Crippen LogP contribution in [0.2, 0.25) is 0 Å². The lowest BCUT2D eigenvalue weighted by atomic mass is 10.3. The summed E-state index contributed by atoms with van der Waals surface area (Å²) in [5, 5.41) is 12.3. The maximum atomic E-state index is 11.3. The molecule has 0 radical (unpaired) electrons. The van der Waals surface area contributed by atoms with Crippen LogP contribution in [0.1, 0.15) is 25.6 Å². The van der Waals surface area contributed by atoms with Crippen molar-refractivity contribution in [1.82, 2.24) is 9.97 Å². The minimum atomic E-state index is -0.230. The van der Waals surface area contributed by atoms with Gasteiger partial charge in [-0.25, -0.2) is 4.98 Å². The highest BCUT2D eigenvalue weighted by Gasteiger charge is 2.42. The molecule has 1 fully saturated rings. The molecule has 0 atom stereocenters. The summed E-state index contributed by atoms with van der Waals surface area (Å²) in [6.45, 7) is 2.02. The molecule has 2 rings (SSSR count). The van der Waals surface area contributed by atoms with Crippen molar-refractivity contribution < 1.29 is 5.11 Å². The smallest absolute Gasteiger partial charge is 0.252 e. The molecule has 0 spiro atoms. The molecule has 0 aromatic carbocycles. The zero-order valence-corrected chi connectivity index (χ0v) is 8.71. The van der Waals surface area contributed by atoms with Gasteiger partial charge in [0.25, 0.3) is 5.56 Å². The molecule has 1 aliphatic carbocycles. The van der Waals surface area contributed by atoms with Gasteiger partial charge in [-0.15, -0.1) is 0 Å². The molecule has 15 heavy (non-hydrogen) atoms. The van der Waals surface area contributed by atoms with E-state index in [9.17, 15) is 4.79 Å². The van der Waals surface area contributed by atoms with Crippen molar-refractivity contribution in [3.8, 4) is 0 Å². The van der Waals surface area contributed by atoms with Gasteiger partial charge in [-0.1, -0.05) is 6.92 Å². The number of aromatic nitrogens is 2. The third-order valence-electron chi connectivity index (χ3n) is 2.68. The predicted octanol–water partition coefficient (Wildman–Crippen LogP) is 0.269. The summed E-state index contributed by atoms with van der Waals surface area (Å²) in [6, 6.07) is 1.43. The van der Waals surface area contributed by atoms with Crippen LogP contribution in [0.3, 0.4) is 0 Å². The lowest BCUT2D eigenvalue weighted by molar-refractivity contribution is 0.266. The van der Waals surface area contributed by atoms with E-state index in [-0.39, 0.29) is 17.7 Å². The molecule has 0 unspecified atom stereocenters. The van der Waals surface area contributed by atoms with Gasteiger partial charge in [0.1, 0.15) is 11.6 Å². The molecule has 5 heteroatoms. The Balaban J connectivity index is 2.21. The van der Waals surface area contributed by atoms with E-state index in [1.807, 2.05) is 6.92 Å². The van der Waals surface area contributed by atoms with E-state index in [1.165, 1.54) is 6.07 Å². The summed E-state index contributed by atoms with van der Waals surface area (Å²) in [5.41, 5.74) is -0.385. The number of nitrogens with one attached hydrogen (secondary N) is 2. The first-order valence-electron chi connectivity index (χ1n) is 5.17. The minimum absolute atomic E-state index is 0.0862. The number of aromatic amines is 1. The summed E-state index contributed by atoms with van der Waals surface area (Å²) in [7, 11) is 0. The Morgan fingerprint density at radius 2 is 2.40 bits per heavy atom. The maximum Gasteiger partial charge on any atom is 0.252 e. The zero-order valence-electron chi connectivity index (χ0n) is 8.71. The molecule has 82 valence electrons. The molecule has 1 heterocycles. The highest BCUT2D eigenvalue weighted by atomic mass is 16.3. The van der Waals surface area contributed by atoms with Crippen LogP contribution in [0.4, 0.5) is 5.82 Å². The molecule has 0 saturated heterocycles. The molecule has 1 aromatic rings. The third-order valence-corrected chi connectivity index (χ3v) is 2.68. The Hall–Kier alpha value is -1.36. The van der Waals surface area contributed by atoms with Gasteiger partial charge in [0.2, 0.25) is 0 Å². The van der Waals surface area contributed by atoms with Crippen LogP contribution >= 0.6 is 0 Å². The second kappa shape index (κ2) is 3.66. The SMILES string of the molecule is CCc1nc(NC2(CO)CC2)cc(=O)[nH]1. The fraction of sp³-hybridized carbons (Fsp3) is 0.600. The molecule has 3 N–H and O–H groups in total. The standard InChI is InChI=1S/C10H15N3O2/c1-2-7-11-8(5-9(15)12-7)13-10(6-14)3-4-10/h5,14H,2-4,6H2,1H3,(H2,11,12,13,15). The molecule has 0 amide bonds. The first-order valence-corrected chi connectivity index (χ1v) is 5.17. The Labute approximate surface area is 87.6 Å². The number of anilines is 1. The van der Waals surface area contributed by atoms with Crippen LogP contribution in [0.15, 0.2) is 10.9 Å². The quantitative estimate of drug-likeness (QED) is 0.665. The number of aliphatic hydroxyl groups excluding tert-OH is 1. The topological polar surface area (TPSA) is 78.0 Å². The molecule has 0 bridgehead atoms. The second-order valence-corrected chi connectivity index (χ2v) is 3.99. The van der Waals surface area contributed by atoms with E-state index >= 15 is 0 Å². The highest BCUT2D eigenvalue weighted by molar-refractivity contribution is 5.39. The third kappa shape index (κ3) is 2.18. The van der Waals surface area contributed by atoms with E-state index < -0.39 is 0 Å². The van der Waals surface area contributed by atoms with Gasteiger partial charge in [0.15, 0.2) is 0 Å². The van der Waals surface area contributed by atoms with Crippen molar-refractivity contribution in [1.29, 1.82) is 0 Å². The normalized spacial score (nSPS) is 17.5. The average molecular weight is 209 g/mol. The van der Waals surface area contributed by atoms with Crippen LogP contribution in [0.25, 0.3) is 0 Å². The van der Waals surface area contributed by atoms with Crippen LogP contribution in [-0.4, -0.2) is 27.2 Å². The van der Waals surface area contributed by atoms with Crippen molar-refractivity contribution in [2.75, 3.05) is 11.9 Å². The van der Waals surface area contributed by atoms with E-state index in [4.69, 9.17) is 5.11 Å². The summed E-state index contributed by atoms with van der Waals surface area (Å²) >= 11 is 0. The summed E-state index contributed by atoms with van der Waals surface area (Å²) in [4.78, 5) is 18.2. The average Bonchev–Trinajstić information content (AvgIpc) is 2.97. The van der Waals surface area contributed by atoms with Gasteiger partial charge in [-0.2, -0.15) is 0 Å². The van der Waals surface area contributed by atoms with E-state index in [1.54, 1.807) is 0 Å². The molecular weight excluding hydrogens is 194 g/mol. The van der Waals surface area contributed by atoms with E-state index in [0.29, 0.717) is 18.1 Å². The second-order valence-electron chi connectivity index (χ2n) is 3.99. The van der Waals surface area contributed by atoms with Gasteiger partial charge in [-0.05, 0) is 12.8 Å². The van der Waals surface area contributed by atoms with Gasteiger partial charge in [0.05, 0.1) is 12.1 Å². The van der Waals surface area contributed by atoms with Crippen LogP contribution in [0, 0.1) is 0 Å². The number of rotatable bonds is 4. The lowest BCUT2D eigenvalue weighted by Gasteiger charge is -2.14. The Kier molecular flexibility index (Phi) is 2.48. The number of aryl methyl sites for hydroxylation is 1. The fourth-order valence-electron chi connectivity index (χ4n) is 1.48. The Bertz CT molecular complexity index is 409. The van der Waals surface area contributed by atoms with Crippen molar-refractivity contribution in [3.63, 3.8) is 0 Å². The Morgan fingerprint density at radius 3 is 2.93 bits per heavy atom. The van der Waals surface area contributed by atoms with Gasteiger partial charge in [-0.3, -0.25) is 4.79 Å². The largest absolute Gasteiger partial charge is 0.394 e. The minimum Gasteiger partial charge on any atom is -0.394 e. The Morgan fingerprint density at radius 1 is 1.67 bits per heavy atom. The first kappa shape index (κ1) is 10.2. The van der Waals surface area contributed by atoms with Crippen molar-refractivity contribution in [3.05, 3.63) is 22.2 Å². The maximum absolute atomic E-state index is 11.3. The highest BCUT2D eigenvalue weighted by Crippen LogP contribution is 2.37. The molecular formula is C10H15N3O2. The van der Waals surface area contributed by atoms with Gasteiger partial charge in [0, 0.05) is 12.5 Å². The zero-order chi connectivity index (χ0) is 10.9. The number of hydrogen-bond acceptors (Lipinski definition) is 4. The number of hydrogen-bond donors (Lipinski definition) is 3.